The van der Waals surface area contributed by atoms with E-state index in [-0.39, 0.29) is 23.7 Å². The van der Waals surface area contributed by atoms with E-state index >= 15 is 0 Å². The molecule has 0 spiro atoms. The number of aryl methyl sites for hydroxylation is 1. The number of nitrogens with one attached hydrogen (secondary N) is 1. The van der Waals surface area contributed by atoms with Crippen molar-refractivity contribution in [3.05, 3.63) is 27.7 Å². The minimum atomic E-state index is -1.41. The molecule has 1 aromatic rings. The van der Waals surface area contributed by atoms with Gasteiger partial charge in [0.1, 0.15) is 11.3 Å². The van der Waals surface area contributed by atoms with Crippen molar-refractivity contribution < 1.29 is 23.9 Å². The van der Waals surface area contributed by atoms with Gasteiger partial charge in [0.2, 0.25) is 0 Å². The molecule has 1 heterocycles. The number of hydrogen-bond acceptors (Lipinski definition) is 6. The topological polar surface area (TPSA) is 103 Å². The van der Waals surface area contributed by atoms with Gasteiger partial charge < -0.3 is 14.5 Å². The monoisotopic (exact) mass is 323 g/mol. The largest absolute Gasteiger partial charge is 0.449 e. The van der Waals surface area contributed by atoms with Crippen LogP contribution in [-0.4, -0.2) is 22.7 Å². The van der Waals surface area contributed by atoms with Gasteiger partial charge in [0.05, 0.1) is 0 Å². The van der Waals surface area contributed by atoms with Crippen LogP contribution in [0.25, 0.3) is 0 Å². The third-order valence-electron chi connectivity index (χ3n) is 2.87. The zero-order chi connectivity index (χ0) is 17.7. The first-order chi connectivity index (χ1) is 10.6. The summed E-state index contributed by atoms with van der Waals surface area (Å²) in [6.45, 7) is 7.58. The van der Waals surface area contributed by atoms with Gasteiger partial charge in [-0.15, -0.1) is 0 Å². The van der Waals surface area contributed by atoms with Crippen LogP contribution in [0, 0.1) is 12.8 Å². The van der Waals surface area contributed by atoms with Crippen molar-refractivity contribution in [2.45, 2.75) is 47.1 Å². The van der Waals surface area contributed by atoms with Crippen LogP contribution in [0.15, 0.2) is 10.9 Å². The van der Waals surface area contributed by atoms with Gasteiger partial charge in [-0.05, 0) is 12.8 Å². The number of H-pyrrole nitrogens is 1. The predicted molar refractivity (Wildman–Crippen MR) is 82.1 cm³/mol. The molecule has 0 amide bonds. The number of Topliss-reactive ketones (excluding diaryl/α,β-unsaturated/α-hetero) is 1. The maximum absolute atomic E-state index is 12.4. The molecule has 7 nitrogen and oxygen atoms in total. The van der Waals surface area contributed by atoms with E-state index in [1.165, 1.54) is 13.0 Å². The van der Waals surface area contributed by atoms with Crippen molar-refractivity contribution in [1.82, 2.24) is 4.98 Å². The van der Waals surface area contributed by atoms with E-state index in [1.807, 2.05) is 13.8 Å². The van der Waals surface area contributed by atoms with Crippen molar-refractivity contribution >= 4 is 17.7 Å². The maximum Gasteiger partial charge on any atom is 0.308 e. The lowest BCUT2D eigenvalue weighted by Crippen LogP contribution is -2.28. The molecule has 0 fully saturated rings. The first-order valence-corrected chi connectivity index (χ1v) is 7.24. The molecule has 1 unspecified atom stereocenters. The number of ketones is 1. The SMILES string of the molecule is CC(=O)Oc1cc(C)[nH]c(=O)c1C(OC(C)=O)C(=O)CC(C)C. The van der Waals surface area contributed by atoms with Crippen LogP contribution in [0.2, 0.25) is 0 Å². The Morgan fingerprint density at radius 2 is 1.78 bits per heavy atom. The minimum absolute atomic E-state index is 0.0160. The van der Waals surface area contributed by atoms with Crippen LogP contribution in [0.1, 0.15) is 51.5 Å². The molecule has 0 aromatic carbocycles. The summed E-state index contributed by atoms with van der Waals surface area (Å²) < 4.78 is 10.1. The van der Waals surface area contributed by atoms with Crippen molar-refractivity contribution in [3.8, 4) is 5.75 Å². The summed E-state index contributed by atoms with van der Waals surface area (Å²) in [4.78, 5) is 49.8. The Balaban J connectivity index is 3.44. The Kier molecular flexibility index (Phi) is 6.24. The number of hydrogen-bond donors (Lipinski definition) is 1. The molecular weight excluding hydrogens is 302 g/mol. The third-order valence-corrected chi connectivity index (χ3v) is 2.87. The normalized spacial score (nSPS) is 11.9. The van der Waals surface area contributed by atoms with Gasteiger partial charge in [-0.2, -0.15) is 0 Å². The smallest absolute Gasteiger partial charge is 0.308 e. The molecule has 23 heavy (non-hydrogen) atoms. The molecule has 0 aliphatic carbocycles. The highest BCUT2D eigenvalue weighted by atomic mass is 16.6. The lowest BCUT2D eigenvalue weighted by atomic mass is 9.98. The van der Waals surface area contributed by atoms with Crippen LogP contribution < -0.4 is 10.3 Å². The minimum Gasteiger partial charge on any atom is -0.449 e. The number of carbonyl (C=O) groups excluding carboxylic acids is 3. The average molecular weight is 323 g/mol. The Morgan fingerprint density at radius 1 is 1.17 bits per heavy atom. The van der Waals surface area contributed by atoms with Gasteiger partial charge in [0.15, 0.2) is 11.9 Å². The van der Waals surface area contributed by atoms with E-state index in [0.29, 0.717) is 5.69 Å². The molecule has 0 saturated heterocycles. The molecule has 0 bridgehead atoms. The number of ether oxygens (including phenoxy) is 2. The highest BCUT2D eigenvalue weighted by molar-refractivity contribution is 5.87. The van der Waals surface area contributed by atoms with E-state index in [4.69, 9.17) is 9.47 Å². The fourth-order valence-corrected chi connectivity index (χ4v) is 2.12. The summed E-state index contributed by atoms with van der Waals surface area (Å²) in [7, 11) is 0. The Hall–Kier alpha value is -2.44. The van der Waals surface area contributed by atoms with Crippen molar-refractivity contribution in [2.75, 3.05) is 0 Å². The van der Waals surface area contributed by atoms with Crippen LogP contribution >= 0.6 is 0 Å². The molecule has 1 N–H and O–H groups in total. The fraction of sp³-hybridized carbons (Fsp3) is 0.500. The van der Waals surface area contributed by atoms with Crippen molar-refractivity contribution in [1.29, 1.82) is 0 Å². The van der Waals surface area contributed by atoms with E-state index in [1.54, 1.807) is 6.92 Å². The second kappa shape index (κ2) is 7.71. The van der Waals surface area contributed by atoms with E-state index in [9.17, 15) is 19.2 Å². The summed E-state index contributed by atoms with van der Waals surface area (Å²) >= 11 is 0. The lowest BCUT2D eigenvalue weighted by Gasteiger charge is -2.19. The standard InChI is InChI=1S/C16H21NO6/c1-8(2)6-12(20)15(23-11(5)19)14-13(22-10(4)18)7-9(3)17-16(14)21/h7-8,15H,6H2,1-5H3,(H,17,21). The van der Waals surface area contributed by atoms with Gasteiger partial charge in [0.25, 0.3) is 5.56 Å². The number of aromatic amines is 1. The van der Waals surface area contributed by atoms with Crippen LogP contribution in [-0.2, 0) is 19.1 Å². The van der Waals surface area contributed by atoms with E-state index < -0.39 is 29.4 Å². The zero-order valence-electron chi connectivity index (χ0n) is 13.9. The van der Waals surface area contributed by atoms with E-state index in [0.717, 1.165) is 6.92 Å². The third kappa shape index (κ3) is 5.36. The highest BCUT2D eigenvalue weighted by Gasteiger charge is 2.31. The van der Waals surface area contributed by atoms with Gasteiger partial charge in [-0.25, -0.2) is 0 Å². The Bertz CT molecular complexity index is 674. The first kappa shape index (κ1) is 18.6. The second-order valence-electron chi connectivity index (χ2n) is 5.71. The highest BCUT2D eigenvalue weighted by Crippen LogP contribution is 2.28. The Labute approximate surface area is 134 Å². The summed E-state index contributed by atoms with van der Waals surface area (Å²) in [5, 5.41) is 0. The average Bonchev–Trinajstić information content (AvgIpc) is 2.34. The molecule has 1 atom stereocenters. The predicted octanol–water partition coefficient (Wildman–Crippen LogP) is 1.83. The summed E-state index contributed by atoms with van der Waals surface area (Å²) in [6.07, 6.45) is -1.29. The zero-order valence-corrected chi connectivity index (χ0v) is 13.9. The number of pyridine rings is 1. The number of aromatic nitrogens is 1. The van der Waals surface area contributed by atoms with Gasteiger partial charge >= 0.3 is 11.9 Å². The molecule has 0 aliphatic heterocycles. The molecule has 0 radical (unpaired) electrons. The number of rotatable bonds is 6. The quantitative estimate of drug-likeness (QED) is 0.801. The van der Waals surface area contributed by atoms with Crippen LogP contribution in [0.5, 0.6) is 5.75 Å². The second-order valence-corrected chi connectivity index (χ2v) is 5.71. The molecule has 0 saturated carbocycles. The number of esters is 2. The molecule has 126 valence electrons. The molecular formula is C16H21NO6. The first-order valence-electron chi connectivity index (χ1n) is 7.24. The van der Waals surface area contributed by atoms with Gasteiger partial charge in [-0.1, -0.05) is 13.8 Å². The molecule has 1 aromatic heterocycles. The van der Waals surface area contributed by atoms with Gasteiger partial charge in [-0.3, -0.25) is 19.2 Å². The Morgan fingerprint density at radius 3 is 2.26 bits per heavy atom. The van der Waals surface area contributed by atoms with Crippen molar-refractivity contribution in [2.24, 2.45) is 5.92 Å². The number of carbonyl (C=O) groups is 3. The molecule has 1 rings (SSSR count). The summed E-state index contributed by atoms with van der Waals surface area (Å²) in [5.74, 6) is -1.85. The summed E-state index contributed by atoms with van der Waals surface area (Å²) in [6, 6.07) is 1.41. The fourth-order valence-electron chi connectivity index (χ4n) is 2.12. The van der Waals surface area contributed by atoms with Crippen molar-refractivity contribution in [3.63, 3.8) is 0 Å². The molecule has 7 heteroatoms. The lowest BCUT2D eigenvalue weighted by molar-refractivity contribution is -0.154. The van der Waals surface area contributed by atoms with Gasteiger partial charge in [0, 0.05) is 32.0 Å². The van der Waals surface area contributed by atoms with Crippen LogP contribution in [0.4, 0.5) is 0 Å². The van der Waals surface area contributed by atoms with Crippen LogP contribution in [0.3, 0.4) is 0 Å². The van der Waals surface area contributed by atoms with E-state index in [2.05, 4.69) is 4.98 Å². The maximum atomic E-state index is 12.4. The summed E-state index contributed by atoms with van der Waals surface area (Å²) in [5.41, 5.74) is -0.357. The molecule has 0 aliphatic rings.